The lowest BCUT2D eigenvalue weighted by Gasteiger charge is -2.56. The van der Waals surface area contributed by atoms with Crippen molar-refractivity contribution >= 4 is 35.5 Å². The van der Waals surface area contributed by atoms with Crippen molar-refractivity contribution in [1.29, 1.82) is 0 Å². The first-order chi connectivity index (χ1) is 26.4. The Bertz CT molecular complexity index is 985. The first kappa shape index (κ1) is 46.3. The number of aliphatic hydroxyl groups excluding tert-OH is 1. The minimum Gasteiger partial charge on any atom is -0.466 e. The smallest absolute Gasteiger partial charge is 0.306 e. The topological polar surface area (TPSA) is 76.1 Å². The number of fused-ring (bicyclic) bond motifs is 2. The predicted octanol–water partition coefficient (Wildman–Crippen LogP) is 12.0. The van der Waals surface area contributed by atoms with Gasteiger partial charge in [0.15, 0.2) is 0 Å². The molecule has 0 aromatic carbocycles. The van der Waals surface area contributed by atoms with Crippen molar-refractivity contribution < 1.29 is 24.2 Å². The van der Waals surface area contributed by atoms with Gasteiger partial charge in [-0.05, 0) is 150 Å². The first-order valence-corrected chi connectivity index (χ1v) is 25.4. The van der Waals surface area contributed by atoms with Crippen molar-refractivity contribution in [2.75, 3.05) is 51.0 Å². The number of hydrogen-bond donors (Lipinski definition) is 1. The van der Waals surface area contributed by atoms with E-state index in [2.05, 4.69) is 42.3 Å². The Morgan fingerprint density at radius 2 is 1.28 bits per heavy atom. The lowest BCUT2D eigenvalue weighted by Crippen LogP contribution is -2.48. The van der Waals surface area contributed by atoms with Gasteiger partial charge in [0.2, 0.25) is 0 Å². The van der Waals surface area contributed by atoms with Gasteiger partial charge >= 0.3 is 11.9 Å². The number of carbonyl (C=O) groups excluding carboxylic acids is 2. The Hall–Kier alpha value is -0.440. The number of nitrogens with zero attached hydrogens (tertiary/aromatic N) is 1. The number of ether oxygens (including phenoxy) is 2. The number of carbonyl (C=O) groups is 2. The van der Waals surface area contributed by atoms with Gasteiger partial charge in [0.1, 0.15) is 0 Å². The summed E-state index contributed by atoms with van der Waals surface area (Å²) in [5, 5.41) is 9.27. The Morgan fingerprint density at radius 3 is 1.85 bits per heavy atom. The van der Waals surface area contributed by atoms with Crippen LogP contribution in [-0.2, 0) is 19.1 Å². The fourth-order valence-corrected chi connectivity index (χ4v) is 13.5. The lowest BCUT2D eigenvalue weighted by molar-refractivity contribution is -0.154. The monoisotopic (exact) mass is 794 g/mol. The fourth-order valence-electron chi connectivity index (χ4n) is 10.7. The quantitative estimate of drug-likeness (QED) is 0.0422. The van der Waals surface area contributed by atoms with Crippen LogP contribution in [0.2, 0.25) is 0 Å². The van der Waals surface area contributed by atoms with Crippen molar-refractivity contribution in [3.63, 3.8) is 0 Å². The van der Waals surface area contributed by atoms with Gasteiger partial charge in [0.05, 0.1) is 24.2 Å². The number of likely N-dealkylation sites (tertiary alicyclic amines) is 1. The van der Waals surface area contributed by atoms with E-state index in [1.54, 1.807) is 0 Å². The van der Waals surface area contributed by atoms with Gasteiger partial charge in [-0.2, -0.15) is 0 Å². The van der Waals surface area contributed by atoms with E-state index in [-0.39, 0.29) is 29.4 Å². The molecule has 54 heavy (non-hydrogen) atoms. The van der Waals surface area contributed by atoms with Gasteiger partial charge in [0.25, 0.3) is 0 Å². The summed E-state index contributed by atoms with van der Waals surface area (Å²) in [7, 11) is 0. The molecule has 0 amide bonds. The second kappa shape index (κ2) is 26.5. The molecular weight excluding hydrogens is 711 g/mol. The van der Waals surface area contributed by atoms with Crippen LogP contribution in [0.1, 0.15) is 194 Å². The molecule has 0 spiro atoms. The number of thioether (sulfide) groups is 2. The Morgan fingerprint density at radius 1 is 0.722 bits per heavy atom. The first-order valence-electron chi connectivity index (χ1n) is 23.3. The molecule has 4 fully saturated rings. The number of piperidine rings is 1. The van der Waals surface area contributed by atoms with Crippen LogP contribution in [0, 0.1) is 28.6 Å². The molecule has 0 aromatic heterocycles. The van der Waals surface area contributed by atoms with Crippen LogP contribution >= 0.6 is 23.5 Å². The molecule has 4 aliphatic rings. The number of rotatable bonds is 31. The second-order valence-corrected chi connectivity index (χ2v) is 21.1. The molecule has 1 heterocycles. The highest BCUT2D eigenvalue weighted by molar-refractivity contribution is 8.17. The second-order valence-electron chi connectivity index (χ2n) is 18.2. The molecule has 6 nitrogen and oxygen atoms in total. The van der Waals surface area contributed by atoms with Gasteiger partial charge in [-0.1, -0.05) is 90.9 Å². The van der Waals surface area contributed by atoms with Crippen LogP contribution in [-0.4, -0.2) is 77.5 Å². The lowest BCUT2D eigenvalue weighted by atomic mass is 9.48. The van der Waals surface area contributed by atoms with E-state index in [1.807, 2.05) is 0 Å². The molecule has 0 radical (unpaired) electrons. The molecule has 1 N–H and O–H groups in total. The maximum atomic E-state index is 13.4. The van der Waals surface area contributed by atoms with Crippen LogP contribution in [0.3, 0.4) is 0 Å². The van der Waals surface area contributed by atoms with Gasteiger partial charge in [-0.15, -0.1) is 23.5 Å². The summed E-state index contributed by atoms with van der Waals surface area (Å²) in [6.45, 7) is 8.83. The third-order valence-corrected chi connectivity index (χ3v) is 17.1. The third-order valence-electron chi connectivity index (χ3n) is 14.0. The van der Waals surface area contributed by atoms with E-state index in [1.165, 1.54) is 134 Å². The molecule has 314 valence electrons. The van der Waals surface area contributed by atoms with Crippen LogP contribution in [0.15, 0.2) is 0 Å². The molecule has 4 rings (SSSR count). The molecule has 3 aliphatic carbocycles. The van der Waals surface area contributed by atoms with Crippen molar-refractivity contribution in [2.45, 2.75) is 198 Å². The summed E-state index contributed by atoms with van der Waals surface area (Å²) >= 11 is 4.15. The SMILES string of the molecule is CCCCCCCCSC(CCC(=O)OCCC1(CCOC(=O)CC23CC4CCC2CCC(C4)C3)CCN(CCCCO)CC1)SCCCCCCCC. The third kappa shape index (κ3) is 16.8. The van der Waals surface area contributed by atoms with E-state index >= 15 is 0 Å². The normalized spacial score (nSPS) is 24.9. The summed E-state index contributed by atoms with van der Waals surface area (Å²) in [5.41, 5.74) is 0.250. The molecule has 1 aliphatic heterocycles. The Kier molecular flexibility index (Phi) is 22.7. The van der Waals surface area contributed by atoms with E-state index in [0.717, 1.165) is 82.3 Å². The van der Waals surface area contributed by atoms with E-state index in [9.17, 15) is 14.7 Å². The summed E-state index contributed by atoms with van der Waals surface area (Å²) in [5.74, 6) is 4.77. The van der Waals surface area contributed by atoms with Gasteiger partial charge in [-0.3, -0.25) is 9.59 Å². The highest BCUT2D eigenvalue weighted by Crippen LogP contribution is 2.61. The Labute approximate surface area is 340 Å². The van der Waals surface area contributed by atoms with Gasteiger partial charge < -0.3 is 19.5 Å². The van der Waals surface area contributed by atoms with E-state index < -0.39 is 0 Å². The Balaban J connectivity index is 1.21. The summed E-state index contributed by atoms with van der Waals surface area (Å²) in [6, 6.07) is 0. The summed E-state index contributed by atoms with van der Waals surface area (Å²) in [6.07, 6.45) is 32.9. The predicted molar refractivity (Wildman–Crippen MR) is 230 cm³/mol. The molecule has 1 saturated heterocycles. The maximum Gasteiger partial charge on any atom is 0.306 e. The van der Waals surface area contributed by atoms with Crippen molar-refractivity contribution in [2.24, 2.45) is 28.6 Å². The number of unbranched alkanes of at least 4 members (excludes halogenated alkanes) is 11. The molecule has 8 heteroatoms. The number of aliphatic hydroxyl groups is 1. The minimum absolute atomic E-state index is 0.0319. The zero-order valence-electron chi connectivity index (χ0n) is 35.1. The zero-order valence-corrected chi connectivity index (χ0v) is 36.7. The maximum absolute atomic E-state index is 13.4. The highest BCUT2D eigenvalue weighted by Gasteiger charge is 2.52. The minimum atomic E-state index is -0.0461. The average molecular weight is 794 g/mol. The molecule has 2 atom stereocenters. The van der Waals surface area contributed by atoms with Crippen LogP contribution in [0.4, 0.5) is 0 Å². The van der Waals surface area contributed by atoms with Crippen LogP contribution in [0.5, 0.6) is 0 Å². The fraction of sp³-hybridized carbons (Fsp3) is 0.957. The van der Waals surface area contributed by atoms with Gasteiger partial charge in [-0.25, -0.2) is 0 Å². The van der Waals surface area contributed by atoms with Crippen LogP contribution in [0.25, 0.3) is 0 Å². The molecule has 3 saturated carbocycles. The molecular formula is C46H83NO5S2. The molecule has 3 bridgehead atoms. The summed E-state index contributed by atoms with van der Waals surface area (Å²) in [4.78, 5) is 29.1. The van der Waals surface area contributed by atoms with E-state index in [0.29, 0.717) is 30.6 Å². The van der Waals surface area contributed by atoms with E-state index in [4.69, 9.17) is 9.47 Å². The number of esters is 2. The number of hydrogen-bond acceptors (Lipinski definition) is 8. The molecule has 2 unspecified atom stereocenters. The van der Waals surface area contributed by atoms with Crippen LogP contribution < -0.4 is 0 Å². The van der Waals surface area contributed by atoms with Crippen molar-refractivity contribution in [3.05, 3.63) is 0 Å². The van der Waals surface area contributed by atoms with Crippen molar-refractivity contribution in [1.82, 2.24) is 4.90 Å². The molecule has 0 aromatic rings. The standard InChI is InChI=1S/C46H83NO5S2/c1-3-5-7-9-11-15-33-53-44(54-34-16-12-10-8-6-4-2)22-21-42(49)51-31-25-45(23-28-47(29-24-45)27-13-14-30-48)26-32-52-43(50)38-46-36-39-17-19-41(46)20-18-40(35-39)37-46/h39-41,44,48H,3-38H2,1-2H3. The largest absolute Gasteiger partial charge is 0.466 e. The highest BCUT2D eigenvalue weighted by atomic mass is 32.2. The average Bonchev–Trinajstić information content (AvgIpc) is 3.15. The zero-order chi connectivity index (χ0) is 38.3. The van der Waals surface area contributed by atoms with Gasteiger partial charge in [0, 0.05) is 13.0 Å². The van der Waals surface area contributed by atoms with Crippen molar-refractivity contribution in [3.8, 4) is 0 Å². The summed E-state index contributed by atoms with van der Waals surface area (Å²) < 4.78 is 12.6.